The largest absolute Gasteiger partial charge is 0.338 e. The highest BCUT2D eigenvalue weighted by atomic mass is 35.5. The van der Waals surface area contributed by atoms with Crippen molar-refractivity contribution in [3.63, 3.8) is 0 Å². The lowest BCUT2D eigenvalue weighted by Crippen LogP contribution is -2.45. The summed E-state index contributed by atoms with van der Waals surface area (Å²) >= 11 is 5.94. The lowest BCUT2D eigenvalue weighted by molar-refractivity contribution is 0.112. The van der Waals surface area contributed by atoms with Gasteiger partial charge in [0.25, 0.3) is 0 Å². The fraction of sp³-hybridized carbons (Fsp3) is 0.300. The van der Waals surface area contributed by atoms with Crippen molar-refractivity contribution >= 4 is 11.6 Å². The van der Waals surface area contributed by atoms with E-state index in [9.17, 15) is 4.39 Å². The molecular weight excluding hydrogens is 367 g/mol. The third-order valence-electron chi connectivity index (χ3n) is 4.71. The van der Waals surface area contributed by atoms with Gasteiger partial charge in [-0.25, -0.2) is 4.39 Å². The summed E-state index contributed by atoms with van der Waals surface area (Å²) in [4.78, 5) is 9.17. The van der Waals surface area contributed by atoms with Crippen LogP contribution in [0.4, 0.5) is 4.39 Å². The molecule has 0 spiro atoms. The second-order valence-electron chi connectivity index (χ2n) is 6.70. The molecule has 2 aromatic carbocycles. The zero-order valence-electron chi connectivity index (χ0n) is 14.8. The number of hydrogen-bond acceptors (Lipinski definition) is 5. The highest BCUT2D eigenvalue weighted by Gasteiger charge is 2.19. The van der Waals surface area contributed by atoms with Crippen LogP contribution in [-0.2, 0) is 13.1 Å². The van der Waals surface area contributed by atoms with Gasteiger partial charge in [-0.3, -0.25) is 9.80 Å². The Morgan fingerprint density at radius 1 is 0.889 bits per heavy atom. The van der Waals surface area contributed by atoms with Crippen molar-refractivity contribution in [2.24, 2.45) is 0 Å². The van der Waals surface area contributed by atoms with Crippen molar-refractivity contribution < 1.29 is 8.91 Å². The lowest BCUT2D eigenvalue weighted by Gasteiger charge is -2.33. The Morgan fingerprint density at radius 2 is 1.52 bits per heavy atom. The first-order valence-corrected chi connectivity index (χ1v) is 9.31. The van der Waals surface area contributed by atoms with Gasteiger partial charge in [-0.05, 0) is 42.0 Å². The van der Waals surface area contributed by atoms with Crippen molar-refractivity contribution in [3.8, 4) is 11.4 Å². The van der Waals surface area contributed by atoms with Crippen LogP contribution in [-0.4, -0.2) is 46.1 Å². The van der Waals surface area contributed by atoms with Crippen molar-refractivity contribution in [2.45, 2.75) is 13.1 Å². The van der Waals surface area contributed by atoms with Crippen LogP contribution in [0.1, 0.15) is 11.5 Å². The van der Waals surface area contributed by atoms with Gasteiger partial charge in [0.15, 0.2) is 0 Å². The van der Waals surface area contributed by atoms with Crippen LogP contribution < -0.4 is 0 Å². The summed E-state index contributed by atoms with van der Waals surface area (Å²) in [6.07, 6.45) is 0. The second-order valence-corrected chi connectivity index (χ2v) is 7.13. The van der Waals surface area contributed by atoms with Crippen molar-refractivity contribution in [2.75, 3.05) is 26.2 Å². The predicted octanol–water partition coefficient (Wildman–Crippen LogP) is 3.85. The van der Waals surface area contributed by atoms with Crippen LogP contribution in [0.25, 0.3) is 11.4 Å². The number of halogens is 2. The maximum atomic E-state index is 13.0. The zero-order valence-corrected chi connectivity index (χ0v) is 15.6. The zero-order chi connectivity index (χ0) is 18.6. The smallest absolute Gasteiger partial charge is 0.241 e. The summed E-state index contributed by atoms with van der Waals surface area (Å²) in [6, 6.07) is 14.1. The molecule has 1 saturated heterocycles. The monoisotopic (exact) mass is 386 g/mol. The highest BCUT2D eigenvalue weighted by Crippen LogP contribution is 2.18. The van der Waals surface area contributed by atoms with Crippen LogP contribution in [0, 0.1) is 5.82 Å². The molecule has 1 aliphatic heterocycles. The summed E-state index contributed by atoms with van der Waals surface area (Å²) in [5, 5.41) is 4.77. The lowest BCUT2D eigenvalue weighted by atomic mass is 10.2. The molecule has 4 rings (SSSR count). The van der Waals surface area contributed by atoms with E-state index in [2.05, 4.69) is 32.1 Å². The Labute approximate surface area is 162 Å². The molecule has 0 amide bonds. The number of aromatic nitrogens is 2. The summed E-state index contributed by atoms with van der Waals surface area (Å²) in [6.45, 7) is 5.43. The van der Waals surface area contributed by atoms with Gasteiger partial charge in [-0.2, -0.15) is 4.98 Å². The first-order chi connectivity index (χ1) is 13.2. The topological polar surface area (TPSA) is 45.4 Å². The maximum absolute atomic E-state index is 13.0. The summed E-state index contributed by atoms with van der Waals surface area (Å²) in [5.74, 6) is 0.797. The second kappa shape index (κ2) is 8.17. The molecule has 1 aliphatic rings. The average molecular weight is 387 g/mol. The first kappa shape index (κ1) is 18.1. The molecule has 2 heterocycles. The van der Waals surface area contributed by atoms with Gasteiger partial charge in [-0.1, -0.05) is 28.9 Å². The van der Waals surface area contributed by atoms with Gasteiger partial charge in [0.1, 0.15) is 5.82 Å². The molecule has 0 saturated carbocycles. The normalized spacial score (nSPS) is 15.9. The Hall–Kier alpha value is -2.28. The Balaban J connectivity index is 1.29. The molecule has 0 unspecified atom stereocenters. The number of hydrogen-bond donors (Lipinski definition) is 0. The van der Waals surface area contributed by atoms with Crippen LogP contribution >= 0.6 is 11.6 Å². The van der Waals surface area contributed by atoms with Crippen LogP contribution in [0.15, 0.2) is 53.1 Å². The third kappa shape index (κ3) is 4.71. The summed E-state index contributed by atoms with van der Waals surface area (Å²) in [7, 11) is 0. The van der Waals surface area contributed by atoms with Gasteiger partial charge in [0.2, 0.25) is 11.7 Å². The summed E-state index contributed by atoms with van der Waals surface area (Å²) < 4.78 is 18.4. The van der Waals surface area contributed by atoms with Crippen molar-refractivity contribution in [1.82, 2.24) is 19.9 Å². The fourth-order valence-corrected chi connectivity index (χ4v) is 3.31. The molecule has 1 aromatic heterocycles. The molecule has 0 aliphatic carbocycles. The van der Waals surface area contributed by atoms with Crippen LogP contribution in [0.3, 0.4) is 0 Å². The van der Waals surface area contributed by atoms with Crippen molar-refractivity contribution in [3.05, 3.63) is 70.8 Å². The Kier molecular flexibility index (Phi) is 5.48. The van der Waals surface area contributed by atoms with E-state index in [1.807, 2.05) is 12.1 Å². The van der Waals surface area contributed by atoms with E-state index in [0.717, 1.165) is 43.3 Å². The van der Waals surface area contributed by atoms with E-state index in [4.69, 9.17) is 16.1 Å². The number of nitrogens with zero attached hydrogens (tertiary/aromatic N) is 4. The number of benzene rings is 2. The van der Waals surface area contributed by atoms with Gasteiger partial charge >= 0.3 is 0 Å². The standard InChI is InChI=1S/C20H20ClFN4O/c21-17-5-1-15(2-6-17)13-25-9-11-26(12-10-25)14-19-23-20(24-27-19)16-3-7-18(22)8-4-16/h1-8H,9-14H2. The fourth-order valence-electron chi connectivity index (χ4n) is 3.18. The van der Waals surface area contributed by atoms with Gasteiger partial charge < -0.3 is 4.52 Å². The molecule has 140 valence electrons. The average Bonchev–Trinajstić information content (AvgIpc) is 3.14. The van der Waals surface area contributed by atoms with Crippen LogP contribution in [0.5, 0.6) is 0 Å². The summed E-state index contributed by atoms with van der Waals surface area (Å²) in [5.41, 5.74) is 2.02. The van der Waals surface area contributed by atoms with E-state index in [-0.39, 0.29) is 5.82 Å². The molecule has 0 N–H and O–H groups in total. The number of rotatable bonds is 5. The molecule has 0 atom stereocenters. The molecular formula is C20H20ClFN4O. The van der Waals surface area contributed by atoms with E-state index >= 15 is 0 Å². The molecule has 3 aromatic rings. The Morgan fingerprint density at radius 3 is 2.19 bits per heavy atom. The van der Waals surface area contributed by atoms with Gasteiger partial charge in [0.05, 0.1) is 6.54 Å². The molecule has 5 nitrogen and oxygen atoms in total. The van der Waals surface area contributed by atoms with E-state index in [1.165, 1.54) is 17.7 Å². The minimum absolute atomic E-state index is 0.279. The Bertz CT molecular complexity index is 874. The molecule has 0 bridgehead atoms. The van der Waals surface area contributed by atoms with Gasteiger partial charge in [-0.15, -0.1) is 0 Å². The van der Waals surface area contributed by atoms with Crippen LogP contribution in [0.2, 0.25) is 5.02 Å². The van der Waals surface area contributed by atoms with E-state index in [0.29, 0.717) is 18.3 Å². The maximum Gasteiger partial charge on any atom is 0.241 e. The third-order valence-corrected chi connectivity index (χ3v) is 4.97. The molecule has 0 radical (unpaired) electrons. The van der Waals surface area contributed by atoms with E-state index in [1.54, 1.807) is 12.1 Å². The molecule has 1 fully saturated rings. The molecule has 27 heavy (non-hydrogen) atoms. The predicted molar refractivity (Wildman–Crippen MR) is 102 cm³/mol. The minimum atomic E-state index is -0.279. The number of piperazine rings is 1. The highest BCUT2D eigenvalue weighted by molar-refractivity contribution is 6.30. The van der Waals surface area contributed by atoms with E-state index < -0.39 is 0 Å². The van der Waals surface area contributed by atoms with Crippen molar-refractivity contribution in [1.29, 1.82) is 0 Å². The first-order valence-electron chi connectivity index (χ1n) is 8.93. The quantitative estimate of drug-likeness (QED) is 0.666. The SMILES string of the molecule is Fc1ccc(-c2noc(CN3CCN(Cc4ccc(Cl)cc4)CC3)n2)cc1. The molecule has 7 heteroatoms. The minimum Gasteiger partial charge on any atom is -0.338 e. The van der Waals surface area contributed by atoms with Gasteiger partial charge in [0, 0.05) is 43.3 Å².